The molecule has 0 saturated carbocycles. The van der Waals surface area contributed by atoms with Gasteiger partial charge in [0.25, 0.3) is 0 Å². The van der Waals surface area contributed by atoms with Gasteiger partial charge >= 0.3 is 0 Å². The van der Waals surface area contributed by atoms with Crippen LogP contribution in [-0.4, -0.2) is 26.3 Å². The Kier molecular flexibility index (Phi) is 5.33. The molecule has 0 saturated heterocycles. The standard InChI is InChI=1S/C17H18N2O3S3/c1-11-3-8-15-14(9-11)19-17(24-15)23-10-16(25(18,20)21)12-4-6-13(22-2)7-5-12/h3-9,16H,10H2,1-2H3,(H2,18,20,21). The van der Waals surface area contributed by atoms with E-state index in [9.17, 15) is 8.42 Å². The quantitative estimate of drug-likeness (QED) is 0.644. The number of sulfonamides is 1. The summed E-state index contributed by atoms with van der Waals surface area (Å²) in [6.07, 6.45) is 0. The molecule has 25 heavy (non-hydrogen) atoms. The number of primary sulfonamides is 1. The van der Waals surface area contributed by atoms with E-state index >= 15 is 0 Å². The Balaban J connectivity index is 1.82. The topological polar surface area (TPSA) is 82.3 Å². The van der Waals surface area contributed by atoms with Crippen molar-refractivity contribution < 1.29 is 13.2 Å². The maximum atomic E-state index is 12.0. The molecule has 0 aliphatic heterocycles. The number of thiazole rings is 1. The van der Waals surface area contributed by atoms with Crippen molar-refractivity contribution in [3.63, 3.8) is 0 Å². The van der Waals surface area contributed by atoms with Crippen LogP contribution in [0.3, 0.4) is 0 Å². The second-order valence-corrected chi connectivity index (χ2v) is 9.66. The summed E-state index contributed by atoms with van der Waals surface area (Å²) in [7, 11) is -2.16. The van der Waals surface area contributed by atoms with E-state index in [2.05, 4.69) is 4.98 Å². The number of nitrogens with two attached hydrogens (primary N) is 1. The van der Waals surface area contributed by atoms with Gasteiger partial charge in [-0.2, -0.15) is 0 Å². The number of aromatic nitrogens is 1. The summed E-state index contributed by atoms with van der Waals surface area (Å²) in [4.78, 5) is 4.57. The van der Waals surface area contributed by atoms with Crippen LogP contribution in [0.5, 0.6) is 5.75 Å². The Morgan fingerprint density at radius 2 is 1.96 bits per heavy atom. The number of benzene rings is 2. The first-order valence-corrected chi connectivity index (χ1v) is 10.9. The lowest BCUT2D eigenvalue weighted by molar-refractivity contribution is 0.414. The average molecular weight is 395 g/mol. The van der Waals surface area contributed by atoms with Gasteiger partial charge in [-0.3, -0.25) is 0 Å². The molecule has 8 heteroatoms. The van der Waals surface area contributed by atoms with E-state index in [4.69, 9.17) is 9.88 Å². The van der Waals surface area contributed by atoms with Crippen molar-refractivity contribution in [1.29, 1.82) is 0 Å². The van der Waals surface area contributed by atoms with Crippen molar-refractivity contribution in [3.05, 3.63) is 53.6 Å². The predicted octanol–water partition coefficient (Wildman–Crippen LogP) is 3.74. The number of nitrogens with zero attached hydrogens (tertiary/aromatic N) is 1. The monoisotopic (exact) mass is 394 g/mol. The van der Waals surface area contributed by atoms with Gasteiger partial charge in [-0.05, 0) is 42.3 Å². The zero-order valence-electron chi connectivity index (χ0n) is 13.8. The van der Waals surface area contributed by atoms with E-state index in [1.54, 1.807) is 42.7 Å². The van der Waals surface area contributed by atoms with Gasteiger partial charge in [-0.25, -0.2) is 18.5 Å². The Morgan fingerprint density at radius 3 is 2.60 bits per heavy atom. The van der Waals surface area contributed by atoms with E-state index < -0.39 is 15.3 Å². The van der Waals surface area contributed by atoms with Gasteiger partial charge < -0.3 is 4.74 Å². The first-order valence-electron chi connectivity index (χ1n) is 7.52. The normalized spacial score (nSPS) is 13.1. The van der Waals surface area contributed by atoms with E-state index in [1.807, 2.05) is 25.1 Å². The van der Waals surface area contributed by atoms with E-state index in [0.29, 0.717) is 17.1 Å². The van der Waals surface area contributed by atoms with Crippen LogP contribution < -0.4 is 9.88 Å². The molecule has 2 aromatic carbocycles. The number of methoxy groups -OCH3 is 1. The lowest BCUT2D eigenvalue weighted by Gasteiger charge is -2.14. The second-order valence-electron chi connectivity index (χ2n) is 5.61. The van der Waals surface area contributed by atoms with Crippen LogP contribution in [0.2, 0.25) is 0 Å². The highest BCUT2D eigenvalue weighted by Crippen LogP contribution is 2.34. The summed E-state index contributed by atoms with van der Waals surface area (Å²) in [6.45, 7) is 2.02. The minimum atomic E-state index is -3.73. The average Bonchev–Trinajstić information content (AvgIpc) is 2.96. The smallest absolute Gasteiger partial charge is 0.216 e. The first kappa shape index (κ1) is 18.2. The van der Waals surface area contributed by atoms with Crippen molar-refractivity contribution in [3.8, 4) is 5.75 Å². The van der Waals surface area contributed by atoms with Gasteiger partial charge in [0.05, 0.1) is 17.3 Å². The van der Waals surface area contributed by atoms with Gasteiger partial charge in [0.2, 0.25) is 10.0 Å². The van der Waals surface area contributed by atoms with Crippen molar-refractivity contribution in [2.75, 3.05) is 12.9 Å². The fraction of sp³-hybridized carbons (Fsp3) is 0.235. The number of hydrogen-bond donors (Lipinski definition) is 1. The molecule has 0 fully saturated rings. The van der Waals surface area contributed by atoms with Crippen molar-refractivity contribution in [2.45, 2.75) is 16.5 Å². The van der Waals surface area contributed by atoms with Crippen molar-refractivity contribution >= 4 is 43.3 Å². The van der Waals surface area contributed by atoms with Crippen LogP contribution in [0.4, 0.5) is 0 Å². The molecule has 1 atom stereocenters. The fourth-order valence-corrected chi connectivity index (χ4v) is 5.96. The van der Waals surface area contributed by atoms with Crippen LogP contribution in [0.25, 0.3) is 10.2 Å². The Hall–Kier alpha value is -1.61. The summed E-state index contributed by atoms with van der Waals surface area (Å²) in [5.41, 5.74) is 2.73. The molecule has 0 spiro atoms. The molecule has 0 amide bonds. The molecule has 3 aromatic rings. The molecule has 2 N–H and O–H groups in total. The summed E-state index contributed by atoms with van der Waals surface area (Å²) in [5, 5.41) is 4.66. The maximum Gasteiger partial charge on any atom is 0.216 e. The molecule has 132 valence electrons. The molecule has 0 aliphatic rings. The van der Waals surface area contributed by atoms with Crippen LogP contribution in [0.15, 0.2) is 46.8 Å². The lowest BCUT2D eigenvalue weighted by atomic mass is 10.1. The molecule has 0 radical (unpaired) electrons. The molecule has 3 rings (SSSR count). The van der Waals surface area contributed by atoms with Crippen LogP contribution in [0, 0.1) is 6.92 Å². The molecule has 1 unspecified atom stereocenters. The number of rotatable bonds is 6. The number of ether oxygens (including phenoxy) is 1. The van der Waals surface area contributed by atoms with Crippen LogP contribution in [-0.2, 0) is 10.0 Å². The zero-order chi connectivity index (χ0) is 18.0. The van der Waals surface area contributed by atoms with Gasteiger partial charge in [-0.1, -0.05) is 30.0 Å². The third kappa shape index (κ3) is 4.33. The Labute approximate surface area is 155 Å². The first-order chi connectivity index (χ1) is 11.9. The molecule has 1 heterocycles. The Morgan fingerprint density at radius 1 is 1.24 bits per heavy atom. The largest absolute Gasteiger partial charge is 0.497 e. The van der Waals surface area contributed by atoms with E-state index in [-0.39, 0.29) is 0 Å². The fourth-order valence-electron chi connectivity index (χ4n) is 2.42. The van der Waals surface area contributed by atoms with Crippen LogP contribution in [0.1, 0.15) is 16.4 Å². The second kappa shape index (κ2) is 7.33. The Bertz CT molecular complexity index is 982. The minimum absolute atomic E-state index is 0.309. The summed E-state index contributed by atoms with van der Waals surface area (Å²) >= 11 is 2.96. The minimum Gasteiger partial charge on any atom is -0.497 e. The highest BCUT2D eigenvalue weighted by molar-refractivity contribution is 8.02. The van der Waals surface area contributed by atoms with Gasteiger partial charge in [0.1, 0.15) is 11.0 Å². The lowest BCUT2D eigenvalue weighted by Crippen LogP contribution is -2.23. The number of hydrogen-bond acceptors (Lipinski definition) is 6. The maximum absolute atomic E-state index is 12.0. The van der Waals surface area contributed by atoms with Gasteiger partial charge in [0, 0.05) is 5.75 Å². The number of fused-ring (bicyclic) bond motifs is 1. The third-order valence-electron chi connectivity index (χ3n) is 3.77. The summed E-state index contributed by atoms with van der Waals surface area (Å²) < 4.78 is 31.1. The zero-order valence-corrected chi connectivity index (χ0v) is 16.2. The summed E-state index contributed by atoms with van der Waals surface area (Å²) in [6, 6.07) is 13.0. The van der Waals surface area contributed by atoms with Gasteiger partial charge in [0.15, 0.2) is 4.34 Å². The van der Waals surface area contributed by atoms with E-state index in [1.165, 1.54) is 11.8 Å². The summed E-state index contributed by atoms with van der Waals surface area (Å²) in [5.74, 6) is 0.982. The molecule has 0 aliphatic carbocycles. The highest BCUT2D eigenvalue weighted by atomic mass is 32.2. The molecule has 5 nitrogen and oxygen atoms in total. The highest BCUT2D eigenvalue weighted by Gasteiger charge is 2.24. The van der Waals surface area contributed by atoms with Crippen molar-refractivity contribution in [1.82, 2.24) is 4.98 Å². The van der Waals surface area contributed by atoms with Crippen molar-refractivity contribution in [2.24, 2.45) is 5.14 Å². The molecule has 0 bridgehead atoms. The molecular weight excluding hydrogens is 376 g/mol. The number of thioether (sulfide) groups is 1. The van der Waals surface area contributed by atoms with Gasteiger partial charge in [-0.15, -0.1) is 11.3 Å². The van der Waals surface area contributed by atoms with Crippen LogP contribution >= 0.6 is 23.1 Å². The van der Waals surface area contributed by atoms with E-state index in [0.717, 1.165) is 20.1 Å². The predicted molar refractivity (Wildman–Crippen MR) is 104 cm³/mol. The SMILES string of the molecule is COc1ccc(C(CSc2nc3cc(C)ccc3s2)S(N)(=O)=O)cc1. The molecular formula is C17H18N2O3S3. The molecule has 1 aromatic heterocycles. The number of aryl methyl sites for hydroxylation is 1. The third-order valence-corrected chi connectivity index (χ3v) is 7.48.